The smallest absolute Gasteiger partial charge is 0.493 e. The van der Waals surface area contributed by atoms with Crippen LogP contribution in [0.15, 0.2) is 18.2 Å². The molecule has 0 amide bonds. The van der Waals surface area contributed by atoms with Crippen LogP contribution in [0.1, 0.15) is 39.7 Å². The van der Waals surface area contributed by atoms with Gasteiger partial charge in [-0.3, -0.25) is 0 Å². The standard InChI is InChI=1S/C16H25NO4.ClH/c1-6-12(17)9-11-7-8-13(14(10-11)19-5)20-15(18)21-16(2,3)4;/h7-8,10,12H,6,9,17H2,1-5H3;1H. The molecule has 1 unspecified atom stereocenters. The van der Waals surface area contributed by atoms with Crippen LogP contribution in [-0.4, -0.2) is 24.9 Å². The fourth-order valence-electron chi connectivity index (χ4n) is 1.73. The zero-order chi connectivity index (χ0) is 16.0. The van der Waals surface area contributed by atoms with E-state index in [0.29, 0.717) is 11.5 Å². The van der Waals surface area contributed by atoms with Crippen molar-refractivity contribution in [3.8, 4) is 11.5 Å². The van der Waals surface area contributed by atoms with Crippen molar-refractivity contribution in [1.29, 1.82) is 0 Å². The van der Waals surface area contributed by atoms with E-state index in [2.05, 4.69) is 0 Å². The molecule has 2 N–H and O–H groups in total. The van der Waals surface area contributed by atoms with E-state index in [0.717, 1.165) is 18.4 Å². The third-order valence-electron chi connectivity index (χ3n) is 2.83. The maximum atomic E-state index is 11.7. The number of halogens is 1. The largest absolute Gasteiger partial charge is 0.514 e. The molecule has 126 valence electrons. The summed E-state index contributed by atoms with van der Waals surface area (Å²) in [6, 6.07) is 5.50. The maximum Gasteiger partial charge on any atom is 0.514 e. The summed E-state index contributed by atoms with van der Waals surface area (Å²) in [5.74, 6) is 0.822. The first kappa shape index (κ1) is 20.5. The molecule has 0 spiro atoms. The fraction of sp³-hybridized carbons (Fsp3) is 0.562. The highest BCUT2D eigenvalue weighted by Crippen LogP contribution is 2.29. The number of hydrogen-bond donors (Lipinski definition) is 1. The Morgan fingerprint density at radius 1 is 1.27 bits per heavy atom. The first-order valence-electron chi connectivity index (χ1n) is 7.08. The van der Waals surface area contributed by atoms with E-state index in [1.807, 2.05) is 19.1 Å². The Kier molecular flexibility index (Phi) is 8.27. The molecule has 0 radical (unpaired) electrons. The number of carbonyl (C=O) groups is 1. The summed E-state index contributed by atoms with van der Waals surface area (Å²) in [5, 5.41) is 0. The number of rotatable bonds is 5. The van der Waals surface area contributed by atoms with Crippen molar-refractivity contribution in [3.05, 3.63) is 23.8 Å². The van der Waals surface area contributed by atoms with Gasteiger partial charge in [-0.1, -0.05) is 13.0 Å². The van der Waals surface area contributed by atoms with Crippen LogP contribution in [0.2, 0.25) is 0 Å². The molecule has 5 nitrogen and oxygen atoms in total. The number of benzene rings is 1. The van der Waals surface area contributed by atoms with Gasteiger partial charge in [0, 0.05) is 6.04 Å². The van der Waals surface area contributed by atoms with E-state index in [1.165, 1.54) is 7.11 Å². The van der Waals surface area contributed by atoms with Gasteiger partial charge in [-0.25, -0.2) is 4.79 Å². The van der Waals surface area contributed by atoms with E-state index < -0.39 is 11.8 Å². The highest BCUT2D eigenvalue weighted by atomic mass is 35.5. The van der Waals surface area contributed by atoms with Crippen molar-refractivity contribution in [3.63, 3.8) is 0 Å². The first-order chi connectivity index (χ1) is 9.75. The predicted molar refractivity (Wildman–Crippen MR) is 89.1 cm³/mol. The zero-order valence-electron chi connectivity index (χ0n) is 13.8. The van der Waals surface area contributed by atoms with Gasteiger partial charge in [0.25, 0.3) is 0 Å². The van der Waals surface area contributed by atoms with E-state index in [4.69, 9.17) is 19.9 Å². The Bertz CT molecular complexity index is 486. The van der Waals surface area contributed by atoms with Gasteiger partial charge in [0.15, 0.2) is 11.5 Å². The van der Waals surface area contributed by atoms with Gasteiger partial charge >= 0.3 is 6.16 Å². The summed E-state index contributed by atoms with van der Waals surface area (Å²) in [7, 11) is 1.53. The summed E-state index contributed by atoms with van der Waals surface area (Å²) in [5.41, 5.74) is 6.38. The monoisotopic (exact) mass is 331 g/mol. The topological polar surface area (TPSA) is 70.8 Å². The Morgan fingerprint density at radius 3 is 2.41 bits per heavy atom. The third-order valence-corrected chi connectivity index (χ3v) is 2.83. The second-order valence-corrected chi connectivity index (χ2v) is 5.92. The van der Waals surface area contributed by atoms with Gasteiger partial charge in [-0.05, 0) is 51.3 Å². The van der Waals surface area contributed by atoms with Crippen molar-refractivity contribution in [2.75, 3.05) is 7.11 Å². The summed E-state index contributed by atoms with van der Waals surface area (Å²) in [4.78, 5) is 11.7. The lowest BCUT2D eigenvalue weighted by Gasteiger charge is -2.19. The van der Waals surface area contributed by atoms with Gasteiger partial charge in [-0.2, -0.15) is 0 Å². The first-order valence-corrected chi connectivity index (χ1v) is 7.08. The van der Waals surface area contributed by atoms with E-state index >= 15 is 0 Å². The third kappa shape index (κ3) is 7.00. The van der Waals surface area contributed by atoms with Crippen LogP contribution in [0.5, 0.6) is 11.5 Å². The molecule has 0 aliphatic heterocycles. The van der Waals surface area contributed by atoms with Crippen LogP contribution in [-0.2, 0) is 11.2 Å². The maximum absolute atomic E-state index is 11.7. The molecule has 22 heavy (non-hydrogen) atoms. The van der Waals surface area contributed by atoms with Crippen molar-refractivity contribution in [2.24, 2.45) is 5.73 Å². The van der Waals surface area contributed by atoms with Crippen LogP contribution in [0, 0.1) is 0 Å². The normalized spacial score (nSPS) is 12.1. The van der Waals surface area contributed by atoms with Gasteiger partial charge in [0.2, 0.25) is 0 Å². The second-order valence-electron chi connectivity index (χ2n) is 5.92. The summed E-state index contributed by atoms with van der Waals surface area (Å²) in [6.45, 7) is 7.38. The average Bonchev–Trinajstić information content (AvgIpc) is 2.38. The second kappa shape index (κ2) is 8.86. The predicted octanol–water partition coefficient (Wildman–Crippen LogP) is 3.71. The van der Waals surface area contributed by atoms with Gasteiger partial charge in [0.1, 0.15) is 5.60 Å². The lowest BCUT2D eigenvalue weighted by Crippen LogP contribution is -2.26. The van der Waals surface area contributed by atoms with Crippen LogP contribution >= 0.6 is 12.4 Å². The number of hydrogen-bond acceptors (Lipinski definition) is 5. The molecule has 6 heteroatoms. The molecular weight excluding hydrogens is 306 g/mol. The van der Waals surface area contributed by atoms with E-state index in [1.54, 1.807) is 26.8 Å². The highest BCUT2D eigenvalue weighted by Gasteiger charge is 2.19. The molecule has 0 bridgehead atoms. The van der Waals surface area contributed by atoms with Crippen LogP contribution in [0.25, 0.3) is 0 Å². The molecule has 0 heterocycles. The average molecular weight is 332 g/mol. The minimum absolute atomic E-state index is 0. The summed E-state index contributed by atoms with van der Waals surface area (Å²) >= 11 is 0. The van der Waals surface area contributed by atoms with Crippen molar-refractivity contribution >= 4 is 18.6 Å². The molecule has 0 aromatic heterocycles. The lowest BCUT2D eigenvalue weighted by molar-refractivity contribution is 0.0201. The van der Waals surface area contributed by atoms with Gasteiger partial charge in [-0.15, -0.1) is 12.4 Å². The van der Waals surface area contributed by atoms with Crippen molar-refractivity contribution in [1.82, 2.24) is 0 Å². The van der Waals surface area contributed by atoms with Gasteiger partial charge in [0.05, 0.1) is 7.11 Å². The summed E-state index contributed by atoms with van der Waals surface area (Å²) < 4.78 is 15.6. The number of ether oxygens (including phenoxy) is 3. The van der Waals surface area contributed by atoms with Crippen molar-refractivity contribution < 1.29 is 19.0 Å². The Hall–Kier alpha value is -1.46. The summed E-state index contributed by atoms with van der Waals surface area (Å²) in [6.07, 6.45) is 0.900. The SMILES string of the molecule is CCC(N)Cc1ccc(OC(=O)OC(C)(C)C)c(OC)c1.Cl. The molecule has 0 saturated heterocycles. The lowest BCUT2D eigenvalue weighted by atomic mass is 10.0. The Morgan fingerprint density at radius 2 is 1.91 bits per heavy atom. The highest BCUT2D eigenvalue weighted by molar-refractivity contribution is 5.85. The van der Waals surface area contributed by atoms with E-state index in [-0.39, 0.29) is 18.4 Å². The molecule has 1 aromatic carbocycles. The molecule has 1 aromatic rings. The molecule has 0 saturated carbocycles. The van der Waals surface area contributed by atoms with Crippen LogP contribution in [0.4, 0.5) is 4.79 Å². The molecule has 1 rings (SSSR count). The minimum atomic E-state index is -0.751. The van der Waals surface area contributed by atoms with Crippen molar-refractivity contribution in [2.45, 2.75) is 52.2 Å². The molecule has 0 aliphatic rings. The minimum Gasteiger partial charge on any atom is -0.493 e. The van der Waals surface area contributed by atoms with E-state index in [9.17, 15) is 4.79 Å². The number of carbonyl (C=O) groups excluding carboxylic acids is 1. The molecule has 1 atom stereocenters. The quantitative estimate of drug-likeness (QED) is 0.657. The van der Waals surface area contributed by atoms with Gasteiger partial charge < -0.3 is 19.9 Å². The molecule has 0 fully saturated rings. The van der Waals surface area contributed by atoms with Crippen LogP contribution < -0.4 is 15.2 Å². The number of nitrogens with two attached hydrogens (primary N) is 1. The fourth-order valence-corrected chi connectivity index (χ4v) is 1.73. The Labute approximate surface area is 138 Å². The molecular formula is C16H26ClNO4. The zero-order valence-corrected chi connectivity index (χ0v) is 14.7. The number of methoxy groups -OCH3 is 1. The molecule has 0 aliphatic carbocycles. The Balaban J connectivity index is 0.00000441. The van der Waals surface area contributed by atoms with Crippen LogP contribution in [0.3, 0.4) is 0 Å².